The minimum Gasteiger partial charge on any atom is -0.390 e. The van der Waals surface area contributed by atoms with Gasteiger partial charge >= 0.3 is 0 Å². The maximum Gasteiger partial charge on any atom is 0.108 e. The van der Waals surface area contributed by atoms with Gasteiger partial charge in [0.1, 0.15) is 5.82 Å². The van der Waals surface area contributed by atoms with Gasteiger partial charge in [-0.2, -0.15) is 0 Å². The van der Waals surface area contributed by atoms with Crippen molar-refractivity contribution in [2.45, 2.75) is 64.9 Å². The highest BCUT2D eigenvalue weighted by atomic mass is 16.3. The van der Waals surface area contributed by atoms with E-state index in [4.69, 9.17) is 0 Å². The van der Waals surface area contributed by atoms with Crippen LogP contribution in [0.1, 0.15) is 58.7 Å². The van der Waals surface area contributed by atoms with E-state index in [1.165, 1.54) is 6.42 Å². The first-order valence-electron chi connectivity index (χ1n) is 7.51. The molecule has 0 radical (unpaired) electrons. The first kappa shape index (κ1) is 14.6. The molecule has 0 bridgehead atoms. The molecule has 3 heteroatoms. The van der Waals surface area contributed by atoms with E-state index < -0.39 is 5.60 Å². The Hall–Kier alpha value is -0.830. The molecule has 1 heterocycles. The molecule has 0 saturated heterocycles. The second kappa shape index (κ2) is 5.28. The third-order valence-electron chi connectivity index (χ3n) is 4.75. The van der Waals surface area contributed by atoms with Crippen LogP contribution in [0.3, 0.4) is 0 Å². The van der Waals surface area contributed by atoms with Crippen molar-refractivity contribution < 1.29 is 5.11 Å². The van der Waals surface area contributed by atoms with Gasteiger partial charge in [0.05, 0.1) is 5.60 Å². The molecule has 0 aliphatic heterocycles. The molecule has 2 rings (SSSR count). The van der Waals surface area contributed by atoms with E-state index in [1.54, 1.807) is 0 Å². The number of imidazole rings is 1. The van der Waals surface area contributed by atoms with E-state index in [9.17, 15) is 5.11 Å². The van der Waals surface area contributed by atoms with E-state index in [-0.39, 0.29) is 5.41 Å². The van der Waals surface area contributed by atoms with Gasteiger partial charge in [0, 0.05) is 25.9 Å². The highest BCUT2D eigenvalue weighted by molar-refractivity contribution is 4.99. The predicted octanol–water partition coefficient (Wildman–Crippen LogP) is 3.32. The first-order chi connectivity index (χ1) is 8.83. The van der Waals surface area contributed by atoms with Crippen molar-refractivity contribution in [1.82, 2.24) is 9.55 Å². The van der Waals surface area contributed by atoms with Crippen LogP contribution in [0.25, 0.3) is 0 Å². The average molecular weight is 264 g/mol. The molecule has 1 aromatic heterocycles. The molecular weight excluding hydrogens is 236 g/mol. The van der Waals surface area contributed by atoms with Crippen molar-refractivity contribution in [3.63, 3.8) is 0 Å². The fourth-order valence-electron chi connectivity index (χ4n) is 3.73. The summed E-state index contributed by atoms with van der Waals surface area (Å²) in [5.41, 5.74) is -0.334. The fraction of sp³-hybridized carbons (Fsp3) is 0.812. The van der Waals surface area contributed by atoms with Gasteiger partial charge in [-0.25, -0.2) is 4.98 Å². The molecule has 1 aliphatic rings. The summed E-state index contributed by atoms with van der Waals surface area (Å²) in [6, 6.07) is 0. The molecule has 3 nitrogen and oxygen atoms in total. The smallest absolute Gasteiger partial charge is 0.108 e. The number of aryl methyl sites for hydroxylation is 2. The molecule has 1 aromatic rings. The van der Waals surface area contributed by atoms with Gasteiger partial charge in [-0.1, -0.05) is 33.6 Å². The van der Waals surface area contributed by atoms with Gasteiger partial charge in [0.15, 0.2) is 0 Å². The lowest BCUT2D eigenvalue weighted by molar-refractivity contribution is -0.0949. The molecule has 1 aliphatic carbocycles. The standard InChI is InChI=1S/C16H28N2O/c1-15(2,3)13-7-5-6-9-16(13,19)10-8-14-17-11-12-18(14)4/h11-13,19H,5-10H2,1-4H3. The predicted molar refractivity (Wildman–Crippen MR) is 77.9 cm³/mol. The normalized spacial score (nSPS) is 28.6. The van der Waals surface area contributed by atoms with Crippen molar-refractivity contribution in [2.24, 2.45) is 18.4 Å². The van der Waals surface area contributed by atoms with Gasteiger partial charge < -0.3 is 9.67 Å². The number of hydrogen-bond donors (Lipinski definition) is 1. The monoisotopic (exact) mass is 264 g/mol. The molecule has 0 amide bonds. The van der Waals surface area contributed by atoms with Gasteiger partial charge in [-0.05, 0) is 30.6 Å². The molecule has 108 valence electrons. The summed E-state index contributed by atoms with van der Waals surface area (Å²) in [5, 5.41) is 11.1. The van der Waals surface area contributed by atoms with Crippen LogP contribution in [0, 0.1) is 11.3 Å². The zero-order valence-corrected chi connectivity index (χ0v) is 12.8. The third kappa shape index (κ3) is 3.19. The topological polar surface area (TPSA) is 38.0 Å². The second-order valence-electron chi connectivity index (χ2n) is 7.22. The van der Waals surface area contributed by atoms with Crippen molar-refractivity contribution >= 4 is 0 Å². The van der Waals surface area contributed by atoms with Crippen LogP contribution in [0.5, 0.6) is 0 Å². The van der Waals surface area contributed by atoms with Crippen LogP contribution in [0.2, 0.25) is 0 Å². The third-order valence-corrected chi connectivity index (χ3v) is 4.75. The minimum absolute atomic E-state index is 0.177. The largest absolute Gasteiger partial charge is 0.390 e. The van der Waals surface area contributed by atoms with Gasteiger partial charge in [-0.3, -0.25) is 0 Å². The summed E-state index contributed by atoms with van der Waals surface area (Å²) in [4.78, 5) is 4.37. The lowest BCUT2D eigenvalue weighted by Gasteiger charge is -2.47. The van der Waals surface area contributed by atoms with Crippen molar-refractivity contribution in [3.8, 4) is 0 Å². The van der Waals surface area contributed by atoms with E-state index >= 15 is 0 Å². The van der Waals surface area contributed by atoms with Crippen LogP contribution < -0.4 is 0 Å². The van der Waals surface area contributed by atoms with Gasteiger partial charge in [0.2, 0.25) is 0 Å². The van der Waals surface area contributed by atoms with Crippen LogP contribution in [0.15, 0.2) is 12.4 Å². The highest BCUT2D eigenvalue weighted by Gasteiger charge is 2.44. The van der Waals surface area contributed by atoms with Crippen molar-refractivity contribution in [2.75, 3.05) is 0 Å². The van der Waals surface area contributed by atoms with E-state index in [1.807, 2.05) is 19.4 Å². The highest BCUT2D eigenvalue weighted by Crippen LogP contribution is 2.46. The Labute approximate surface area is 117 Å². The number of aromatic nitrogens is 2. The van der Waals surface area contributed by atoms with Crippen molar-refractivity contribution in [1.29, 1.82) is 0 Å². The molecule has 19 heavy (non-hydrogen) atoms. The van der Waals surface area contributed by atoms with Crippen LogP contribution in [-0.4, -0.2) is 20.3 Å². The SMILES string of the molecule is Cn1ccnc1CCC1(O)CCCCC1C(C)(C)C. The Bertz CT molecular complexity index is 419. The Morgan fingerprint density at radius 1 is 1.42 bits per heavy atom. The second-order valence-corrected chi connectivity index (χ2v) is 7.22. The fourth-order valence-corrected chi connectivity index (χ4v) is 3.73. The lowest BCUT2D eigenvalue weighted by Crippen LogP contribution is -2.47. The maximum absolute atomic E-state index is 11.1. The summed E-state index contributed by atoms with van der Waals surface area (Å²) in [6.07, 6.45) is 10.0. The summed E-state index contributed by atoms with van der Waals surface area (Å²) >= 11 is 0. The molecule has 1 N–H and O–H groups in total. The van der Waals surface area contributed by atoms with Crippen LogP contribution in [0.4, 0.5) is 0 Å². The summed E-state index contributed by atoms with van der Waals surface area (Å²) < 4.78 is 2.05. The molecule has 0 aromatic carbocycles. The number of rotatable bonds is 3. The van der Waals surface area contributed by atoms with Gasteiger partial charge in [-0.15, -0.1) is 0 Å². The zero-order valence-electron chi connectivity index (χ0n) is 12.8. The quantitative estimate of drug-likeness (QED) is 0.909. The van der Waals surface area contributed by atoms with Gasteiger partial charge in [0.25, 0.3) is 0 Å². The number of aliphatic hydroxyl groups is 1. The molecule has 2 atom stereocenters. The Kier molecular flexibility index (Phi) is 4.05. The Morgan fingerprint density at radius 2 is 2.16 bits per heavy atom. The molecule has 1 fully saturated rings. The number of nitrogens with zero attached hydrogens (tertiary/aromatic N) is 2. The molecule has 0 spiro atoms. The summed E-state index contributed by atoms with van der Waals surface area (Å²) in [6.45, 7) is 6.78. The van der Waals surface area contributed by atoms with Crippen molar-refractivity contribution in [3.05, 3.63) is 18.2 Å². The average Bonchev–Trinajstić information content (AvgIpc) is 2.71. The van der Waals surface area contributed by atoms with E-state index in [2.05, 4.69) is 30.3 Å². The summed E-state index contributed by atoms with van der Waals surface area (Å²) in [7, 11) is 2.02. The lowest BCUT2D eigenvalue weighted by atomic mass is 9.62. The number of hydrogen-bond acceptors (Lipinski definition) is 2. The maximum atomic E-state index is 11.1. The van der Waals surface area contributed by atoms with Crippen LogP contribution in [-0.2, 0) is 13.5 Å². The van der Waals surface area contributed by atoms with Crippen LogP contribution >= 0.6 is 0 Å². The summed E-state index contributed by atoms with van der Waals surface area (Å²) in [5.74, 6) is 1.47. The minimum atomic E-state index is -0.511. The molecule has 1 saturated carbocycles. The Balaban J connectivity index is 2.08. The zero-order chi connectivity index (χ0) is 14.1. The Morgan fingerprint density at radius 3 is 2.74 bits per heavy atom. The molecule has 2 unspecified atom stereocenters. The van der Waals surface area contributed by atoms with E-state index in [0.717, 1.165) is 37.9 Å². The first-order valence-corrected chi connectivity index (χ1v) is 7.51. The van der Waals surface area contributed by atoms with E-state index in [0.29, 0.717) is 5.92 Å². The molecular formula is C16H28N2O.